The van der Waals surface area contributed by atoms with Crippen molar-refractivity contribution >= 4 is 46.3 Å². The first-order chi connectivity index (χ1) is 18.6. The van der Waals surface area contributed by atoms with Crippen molar-refractivity contribution in [1.82, 2.24) is 19.6 Å². The molecule has 0 saturated heterocycles. The first-order valence-electron chi connectivity index (χ1n) is 12.7. The first kappa shape index (κ1) is 27.0. The molecule has 3 aromatic heterocycles. The Morgan fingerprint density at radius 3 is 2.46 bits per heavy atom. The van der Waals surface area contributed by atoms with E-state index in [-0.39, 0.29) is 29.2 Å². The molecule has 2 aliphatic rings. The topological polar surface area (TPSA) is 123 Å². The summed E-state index contributed by atoms with van der Waals surface area (Å²) in [6.07, 6.45) is 3.25. The fourth-order valence-corrected chi connectivity index (χ4v) is 4.77. The van der Waals surface area contributed by atoms with Gasteiger partial charge in [-0.15, -0.1) is 5.10 Å². The molecule has 5 rings (SSSR count). The van der Waals surface area contributed by atoms with Gasteiger partial charge >= 0.3 is 12.1 Å². The minimum absolute atomic E-state index is 0.0291. The van der Waals surface area contributed by atoms with Crippen molar-refractivity contribution in [2.45, 2.75) is 63.2 Å². The molecule has 0 aliphatic heterocycles. The van der Waals surface area contributed by atoms with E-state index in [0.717, 1.165) is 18.5 Å². The number of anilines is 3. The predicted octanol–water partition coefficient (Wildman–Crippen LogP) is 5.07. The van der Waals surface area contributed by atoms with Crippen LogP contribution >= 0.6 is 11.6 Å². The maximum absolute atomic E-state index is 13.1. The molecule has 208 valence electrons. The third-order valence-corrected chi connectivity index (χ3v) is 6.88. The molecule has 0 unspecified atom stereocenters. The second-order valence-electron chi connectivity index (χ2n) is 9.90. The molecular formula is C25H27ClF3N7O3. The van der Waals surface area contributed by atoms with Gasteiger partial charge in [-0.3, -0.25) is 9.59 Å². The number of esters is 1. The van der Waals surface area contributed by atoms with Crippen molar-refractivity contribution in [2.75, 3.05) is 22.6 Å². The van der Waals surface area contributed by atoms with Crippen LogP contribution in [-0.4, -0.2) is 56.3 Å². The van der Waals surface area contributed by atoms with Crippen LogP contribution < -0.4 is 16.0 Å². The summed E-state index contributed by atoms with van der Waals surface area (Å²) >= 11 is 5.93. The fraction of sp³-hybridized carbons (Fsp3) is 0.480. The first-order valence-corrected chi connectivity index (χ1v) is 13.1. The zero-order valence-electron chi connectivity index (χ0n) is 20.8. The van der Waals surface area contributed by atoms with E-state index in [2.05, 4.69) is 35.8 Å². The average Bonchev–Trinajstić information content (AvgIpc) is 3.58. The zero-order chi connectivity index (χ0) is 27.6. The minimum atomic E-state index is -4.53. The summed E-state index contributed by atoms with van der Waals surface area (Å²) in [7, 11) is 0. The lowest BCUT2D eigenvalue weighted by atomic mass is 9.84. The van der Waals surface area contributed by atoms with Gasteiger partial charge < -0.3 is 20.7 Å². The van der Waals surface area contributed by atoms with Crippen LogP contribution in [0.3, 0.4) is 0 Å². The molecule has 3 aromatic rings. The van der Waals surface area contributed by atoms with Gasteiger partial charge in [0.05, 0.1) is 11.9 Å². The van der Waals surface area contributed by atoms with Crippen LogP contribution in [-0.2, 0) is 9.53 Å². The number of aromatic nitrogens is 4. The van der Waals surface area contributed by atoms with E-state index in [4.69, 9.17) is 11.6 Å². The number of pyridine rings is 1. The van der Waals surface area contributed by atoms with Crippen LogP contribution in [0.1, 0.15) is 55.4 Å². The minimum Gasteiger partial charge on any atom is -0.456 e. The van der Waals surface area contributed by atoms with Crippen LogP contribution in [0.2, 0.25) is 5.15 Å². The number of carbonyl (C=O) groups is 2. The Hall–Kier alpha value is -3.61. The highest BCUT2D eigenvalue weighted by atomic mass is 35.5. The van der Waals surface area contributed by atoms with Crippen LogP contribution in [0.5, 0.6) is 0 Å². The van der Waals surface area contributed by atoms with Gasteiger partial charge in [0.1, 0.15) is 11.0 Å². The third kappa shape index (κ3) is 7.28. The second kappa shape index (κ2) is 11.2. The van der Waals surface area contributed by atoms with Gasteiger partial charge in [-0.1, -0.05) is 11.6 Å². The molecular weight excluding hydrogens is 539 g/mol. The molecule has 0 aromatic carbocycles. The van der Waals surface area contributed by atoms with E-state index in [0.29, 0.717) is 48.9 Å². The SMILES string of the molecule is O=C(CC1CCC(Nc2cc(NC3CC3)c3ncc(C(=O)Nc4ccnc(Cl)c4)n3n2)CC1)OCC(F)(F)F. The number of imidazole rings is 1. The van der Waals surface area contributed by atoms with Gasteiger partial charge in [0.25, 0.3) is 5.91 Å². The number of halogens is 4. The number of hydrogen-bond donors (Lipinski definition) is 3. The van der Waals surface area contributed by atoms with Gasteiger partial charge in [-0.05, 0) is 56.6 Å². The summed E-state index contributed by atoms with van der Waals surface area (Å²) in [6.45, 7) is -1.56. The van der Waals surface area contributed by atoms with Crippen molar-refractivity contribution in [1.29, 1.82) is 0 Å². The van der Waals surface area contributed by atoms with E-state index in [1.807, 2.05) is 6.07 Å². The molecule has 3 heterocycles. The summed E-state index contributed by atoms with van der Waals surface area (Å²) in [5.74, 6) is -0.717. The number of fused-ring (bicyclic) bond motifs is 1. The van der Waals surface area contributed by atoms with E-state index in [1.54, 1.807) is 6.07 Å². The molecule has 3 N–H and O–H groups in total. The summed E-state index contributed by atoms with van der Waals surface area (Å²) in [6, 6.07) is 5.41. The van der Waals surface area contributed by atoms with Crippen LogP contribution in [0.4, 0.5) is 30.4 Å². The quantitative estimate of drug-likeness (QED) is 0.243. The smallest absolute Gasteiger partial charge is 0.422 e. The maximum Gasteiger partial charge on any atom is 0.422 e. The predicted molar refractivity (Wildman–Crippen MR) is 138 cm³/mol. The highest BCUT2D eigenvalue weighted by molar-refractivity contribution is 6.29. The fourth-order valence-electron chi connectivity index (χ4n) is 4.60. The molecule has 14 heteroatoms. The van der Waals surface area contributed by atoms with E-state index in [1.165, 1.54) is 23.0 Å². The molecule has 0 atom stereocenters. The largest absolute Gasteiger partial charge is 0.456 e. The maximum atomic E-state index is 13.1. The van der Waals surface area contributed by atoms with E-state index < -0.39 is 24.7 Å². The lowest BCUT2D eigenvalue weighted by Gasteiger charge is -2.29. The lowest BCUT2D eigenvalue weighted by Crippen LogP contribution is -2.29. The highest BCUT2D eigenvalue weighted by Gasteiger charge is 2.31. The van der Waals surface area contributed by atoms with Crippen molar-refractivity contribution in [2.24, 2.45) is 5.92 Å². The molecule has 39 heavy (non-hydrogen) atoms. The normalized spacial score (nSPS) is 19.5. The Bertz CT molecular complexity index is 1350. The third-order valence-electron chi connectivity index (χ3n) is 6.67. The van der Waals surface area contributed by atoms with Crippen LogP contribution in [0.25, 0.3) is 5.65 Å². The van der Waals surface area contributed by atoms with Gasteiger partial charge in [0, 0.05) is 36.5 Å². The molecule has 2 saturated carbocycles. The van der Waals surface area contributed by atoms with Crippen molar-refractivity contribution in [3.8, 4) is 0 Å². The van der Waals surface area contributed by atoms with Gasteiger partial charge in [0.15, 0.2) is 17.9 Å². The molecule has 0 spiro atoms. The molecule has 0 radical (unpaired) electrons. The standard InChI is InChI=1S/C25H27ClF3N7O3/c26-20-10-17(7-8-30-20)34-24(38)19-12-31-23-18(32-15-5-6-15)11-21(35-36(19)23)33-16-3-1-14(2-4-16)9-22(37)39-13-25(27,28)29/h7-8,10-12,14-16,32H,1-6,9,13H2,(H,33,35)(H,30,34,38). The summed E-state index contributed by atoms with van der Waals surface area (Å²) < 4.78 is 42.7. The second-order valence-corrected chi connectivity index (χ2v) is 10.3. The molecule has 0 bridgehead atoms. The average molecular weight is 566 g/mol. The van der Waals surface area contributed by atoms with E-state index >= 15 is 0 Å². The molecule has 2 aliphatic carbocycles. The van der Waals surface area contributed by atoms with E-state index in [9.17, 15) is 22.8 Å². The number of amides is 1. The van der Waals surface area contributed by atoms with Gasteiger partial charge in [-0.25, -0.2) is 14.5 Å². The number of nitrogens with zero attached hydrogens (tertiary/aromatic N) is 4. The monoisotopic (exact) mass is 565 g/mol. The molecule has 2 fully saturated rings. The number of rotatable bonds is 9. The van der Waals surface area contributed by atoms with Gasteiger partial charge in [-0.2, -0.15) is 13.2 Å². The van der Waals surface area contributed by atoms with Gasteiger partial charge in [0.2, 0.25) is 0 Å². The van der Waals surface area contributed by atoms with Crippen molar-refractivity contribution in [3.05, 3.63) is 41.4 Å². The number of ether oxygens (including phenoxy) is 1. The molecule has 10 nitrogen and oxygen atoms in total. The Balaban J connectivity index is 1.26. The van der Waals surface area contributed by atoms with Crippen LogP contribution in [0, 0.1) is 5.92 Å². The Morgan fingerprint density at radius 1 is 1.05 bits per heavy atom. The molecule has 1 amide bonds. The summed E-state index contributed by atoms with van der Waals surface area (Å²) in [5.41, 5.74) is 2.00. The van der Waals surface area contributed by atoms with Crippen molar-refractivity contribution in [3.63, 3.8) is 0 Å². The Morgan fingerprint density at radius 2 is 1.77 bits per heavy atom. The summed E-state index contributed by atoms with van der Waals surface area (Å²) in [4.78, 5) is 33.2. The number of alkyl halides is 3. The highest BCUT2D eigenvalue weighted by Crippen LogP contribution is 2.32. The summed E-state index contributed by atoms with van der Waals surface area (Å²) in [5, 5.41) is 14.5. The Kier molecular flexibility index (Phi) is 7.78. The number of hydrogen-bond acceptors (Lipinski definition) is 8. The Labute approximate surface area is 226 Å². The number of nitrogens with one attached hydrogen (secondary N) is 3. The van der Waals surface area contributed by atoms with Crippen molar-refractivity contribution < 1.29 is 27.5 Å². The number of carbonyl (C=O) groups excluding carboxylic acids is 2. The zero-order valence-corrected chi connectivity index (χ0v) is 21.6. The lowest BCUT2D eigenvalue weighted by molar-refractivity contribution is -0.187. The van der Waals surface area contributed by atoms with Crippen LogP contribution in [0.15, 0.2) is 30.6 Å².